The average Bonchev–Trinajstić information content (AvgIpc) is 3.39. The van der Waals surface area contributed by atoms with E-state index in [1.807, 2.05) is 18.2 Å². The first-order valence-electron chi connectivity index (χ1n) is 9.60. The number of aromatic nitrogens is 2. The molecule has 0 spiro atoms. The van der Waals surface area contributed by atoms with Crippen molar-refractivity contribution in [2.75, 3.05) is 0 Å². The SMILES string of the molecule is Cn1cc(-c2cc(SC3CC3)ccc2Oc2ccc(F)cc2F)c2cc[nH]c2c1=O. The molecule has 0 unspecified atom stereocenters. The first-order valence-corrected chi connectivity index (χ1v) is 10.5. The van der Waals surface area contributed by atoms with Crippen LogP contribution in [0.3, 0.4) is 0 Å². The second-order valence-electron chi connectivity index (χ2n) is 7.38. The van der Waals surface area contributed by atoms with Crippen molar-refractivity contribution in [3.05, 3.63) is 76.8 Å². The largest absolute Gasteiger partial charge is 0.454 e. The van der Waals surface area contributed by atoms with Gasteiger partial charge in [-0.3, -0.25) is 4.79 Å². The molecule has 1 fully saturated rings. The van der Waals surface area contributed by atoms with Crippen molar-refractivity contribution < 1.29 is 13.5 Å². The highest BCUT2D eigenvalue weighted by Gasteiger charge is 2.24. The molecule has 0 amide bonds. The van der Waals surface area contributed by atoms with Gasteiger partial charge in [-0.05, 0) is 49.2 Å². The van der Waals surface area contributed by atoms with E-state index in [-0.39, 0.29) is 11.3 Å². The first kappa shape index (κ1) is 18.9. The van der Waals surface area contributed by atoms with Crippen LogP contribution in [-0.4, -0.2) is 14.8 Å². The molecule has 5 rings (SSSR count). The van der Waals surface area contributed by atoms with Crippen molar-refractivity contribution >= 4 is 22.7 Å². The molecule has 30 heavy (non-hydrogen) atoms. The number of aromatic amines is 1. The Morgan fingerprint density at radius 1 is 1.07 bits per heavy atom. The Hall–Kier alpha value is -3.06. The van der Waals surface area contributed by atoms with Gasteiger partial charge in [0.2, 0.25) is 0 Å². The molecule has 7 heteroatoms. The fourth-order valence-electron chi connectivity index (χ4n) is 3.42. The molecule has 4 aromatic rings. The summed E-state index contributed by atoms with van der Waals surface area (Å²) in [6.07, 6.45) is 5.87. The van der Waals surface area contributed by atoms with Crippen molar-refractivity contribution in [1.82, 2.24) is 9.55 Å². The molecule has 1 N–H and O–H groups in total. The van der Waals surface area contributed by atoms with Gasteiger partial charge in [0.15, 0.2) is 11.6 Å². The van der Waals surface area contributed by atoms with Crippen LogP contribution in [0.5, 0.6) is 11.5 Å². The third-order valence-electron chi connectivity index (χ3n) is 5.08. The Morgan fingerprint density at radius 3 is 2.63 bits per heavy atom. The number of thioether (sulfide) groups is 1. The molecular weight excluding hydrogens is 406 g/mol. The van der Waals surface area contributed by atoms with Gasteiger partial charge >= 0.3 is 0 Å². The molecule has 0 bridgehead atoms. The zero-order chi connectivity index (χ0) is 20.8. The first-order chi connectivity index (χ1) is 14.5. The van der Waals surface area contributed by atoms with E-state index in [2.05, 4.69) is 4.98 Å². The summed E-state index contributed by atoms with van der Waals surface area (Å²) in [6, 6.07) is 10.8. The van der Waals surface area contributed by atoms with Gasteiger partial charge in [0.05, 0.1) is 0 Å². The van der Waals surface area contributed by atoms with Crippen molar-refractivity contribution in [2.45, 2.75) is 23.0 Å². The van der Waals surface area contributed by atoms with Crippen LogP contribution in [0.2, 0.25) is 0 Å². The molecule has 1 saturated carbocycles. The van der Waals surface area contributed by atoms with Crippen LogP contribution < -0.4 is 10.3 Å². The number of rotatable bonds is 5. The van der Waals surface area contributed by atoms with Gasteiger partial charge in [0.1, 0.15) is 17.1 Å². The van der Waals surface area contributed by atoms with E-state index in [9.17, 15) is 13.6 Å². The maximum atomic E-state index is 14.2. The predicted molar refractivity (Wildman–Crippen MR) is 114 cm³/mol. The molecule has 4 nitrogen and oxygen atoms in total. The van der Waals surface area contributed by atoms with Crippen molar-refractivity contribution in [1.29, 1.82) is 0 Å². The lowest BCUT2D eigenvalue weighted by Crippen LogP contribution is -2.16. The highest BCUT2D eigenvalue weighted by Crippen LogP contribution is 2.44. The fourth-order valence-corrected chi connectivity index (χ4v) is 4.51. The summed E-state index contributed by atoms with van der Waals surface area (Å²) in [6.45, 7) is 0. The van der Waals surface area contributed by atoms with Gasteiger partial charge in [-0.15, -0.1) is 11.8 Å². The van der Waals surface area contributed by atoms with Crippen LogP contribution >= 0.6 is 11.8 Å². The number of hydrogen-bond donors (Lipinski definition) is 1. The number of benzene rings is 2. The van der Waals surface area contributed by atoms with Gasteiger partial charge in [0.25, 0.3) is 5.56 Å². The van der Waals surface area contributed by atoms with E-state index in [0.717, 1.165) is 33.5 Å². The fraction of sp³-hybridized carbons (Fsp3) is 0.174. The van der Waals surface area contributed by atoms with Gasteiger partial charge in [-0.25, -0.2) is 8.78 Å². The van der Waals surface area contributed by atoms with E-state index in [4.69, 9.17) is 4.74 Å². The number of ether oxygens (including phenoxy) is 1. The Labute approximate surface area is 175 Å². The van der Waals surface area contributed by atoms with E-state index in [1.165, 1.54) is 23.5 Å². The summed E-state index contributed by atoms with van der Waals surface area (Å²) in [7, 11) is 1.69. The van der Waals surface area contributed by atoms with Crippen LogP contribution in [0.1, 0.15) is 12.8 Å². The third-order valence-corrected chi connectivity index (χ3v) is 6.41. The number of hydrogen-bond acceptors (Lipinski definition) is 3. The topological polar surface area (TPSA) is 47.0 Å². The number of halogens is 2. The summed E-state index contributed by atoms with van der Waals surface area (Å²) < 4.78 is 34.9. The Balaban J connectivity index is 1.68. The van der Waals surface area contributed by atoms with Crippen LogP contribution in [0, 0.1) is 11.6 Å². The summed E-state index contributed by atoms with van der Waals surface area (Å²) in [5, 5.41) is 1.38. The molecule has 0 aliphatic heterocycles. The molecule has 152 valence electrons. The minimum atomic E-state index is -0.773. The van der Waals surface area contributed by atoms with E-state index in [0.29, 0.717) is 16.5 Å². The van der Waals surface area contributed by atoms with Gasteiger partial charge in [0, 0.05) is 52.2 Å². The lowest BCUT2D eigenvalue weighted by Gasteiger charge is -2.15. The zero-order valence-electron chi connectivity index (χ0n) is 16.1. The normalized spacial score (nSPS) is 13.7. The monoisotopic (exact) mass is 424 g/mol. The van der Waals surface area contributed by atoms with Crippen LogP contribution in [0.25, 0.3) is 22.0 Å². The van der Waals surface area contributed by atoms with Crippen LogP contribution in [0.4, 0.5) is 8.78 Å². The van der Waals surface area contributed by atoms with E-state index < -0.39 is 11.6 Å². The van der Waals surface area contributed by atoms with Crippen molar-refractivity contribution in [3.8, 4) is 22.6 Å². The minimum Gasteiger partial charge on any atom is -0.454 e. The highest BCUT2D eigenvalue weighted by molar-refractivity contribution is 8.00. The third kappa shape index (κ3) is 3.50. The maximum Gasteiger partial charge on any atom is 0.274 e. The predicted octanol–water partition coefficient (Wildman–Crippen LogP) is 5.86. The summed E-state index contributed by atoms with van der Waals surface area (Å²) in [5.74, 6) is -1.06. The smallest absolute Gasteiger partial charge is 0.274 e. The maximum absolute atomic E-state index is 14.2. The number of aryl methyl sites for hydroxylation is 1. The Kier molecular flexibility index (Phi) is 4.62. The standard InChI is InChI=1S/C23H18F2N2O2S/c1-27-12-18(16-8-9-26-22(16)23(27)28)17-11-15(30-14-3-4-14)5-7-20(17)29-21-6-2-13(24)10-19(21)25/h2,5-12,14,26H,3-4H2,1H3. The second-order valence-corrected chi connectivity index (χ2v) is 8.75. The molecule has 0 saturated heterocycles. The van der Waals surface area contributed by atoms with Gasteiger partial charge in [-0.2, -0.15) is 0 Å². The van der Waals surface area contributed by atoms with Crippen LogP contribution in [-0.2, 0) is 7.05 Å². The number of H-pyrrole nitrogens is 1. The molecule has 2 aromatic carbocycles. The molecule has 0 radical (unpaired) electrons. The van der Waals surface area contributed by atoms with Crippen molar-refractivity contribution in [2.24, 2.45) is 7.05 Å². The molecule has 1 aliphatic carbocycles. The van der Waals surface area contributed by atoms with Gasteiger partial charge < -0.3 is 14.3 Å². The molecule has 2 aromatic heterocycles. The van der Waals surface area contributed by atoms with E-state index >= 15 is 0 Å². The molecule has 1 aliphatic rings. The highest BCUT2D eigenvalue weighted by atomic mass is 32.2. The van der Waals surface area contributed by atoms with Crippen LogP contribution in [0.15, 0.2) is 64.5 Å². The molecule has 2 heterocycles. The Morgan fingerprint density at radius 2 is 1.87 bits per heavy atom. The molecule has 0 atom stereocenters. The number of nitrogens with one attached hydrogen (secondary N) is 1. The summed E-state index contributed by atoms with van der Waals surface area (Å²) >= 11 is 1.80. The lowest BCUT2D eigenvalue weighted by atomic mass is 10.0. The number of nitrogens with zero attached hydrogens (tertiary/aromatic N) is 1. The number of fused-ring (bicyclic) bond motifs is 1. The average molecular weight is 424 g/mol. The summed E-state index contributed by atoms with van der Waals surface area (Å²) in [4.78, 5) is 16.5. The van der Waals surface area contributed by atoms with Gasteiger partial charge in [-0.1, -0.05) is 0 Å². The lowest BCUT2D eigenvalue weighted by molar-refractivity contribution is 0.439. The Bertz CT molecular complexity index is 1320. The molecular formula is C23H18F2N2O2S. The van der Waals surface area contributed by atoms with Crippen molar-refractivity contribution in [3.63, 3.8) is 0 Å². The van der Waals surface area contributed by atoms with E-state index in [1.54, 1.807) is 37.3 Å². The zero-order valence-corrected chi connectivity index (χ0v) is 16.9. The number of pyridine rings is 1. The second kappa shape index (κ2) is 7.32. The minimum absolute atomic E-state index is 0.0598. The summed E-state index contributed by atoms with van der Waals surface area (Å²) in [5.41, 5.74) is 1.90. The quantitative estimate of drug-likeness (QED) is 0.437.